The number of anilines is 1. The first-order chi connectivity index (χ1) is 7.20. The van der Waals surface area contributed by atoms with E-state index < -0.39 is 0 Å². The molecule has 2 nitrogen and oxygen atoms in total. The van der Waals surface area contributed by atoms with E-state index in [0.717, 1.165) is 11.3 Å². The minimum atomic E-state index is -0.191. The molecule has 0 radical (unpaired) electrons. The average Bonchev–Trinajstić information content (AvgIpc) is 2.22. The maximum Gasteiger partial charge on any atom is 0.303 e. The summed E-state index contributed by atoms with van der Waals surface area (Å²) in [5.41, 5.74) is 1.99. The molecule has 0 saturated carbocycles. The van der Waals surface area contributed by atoms with E-state index in [1.807, 2.05) is 38.1 Å². The minimum absolute atomic E-state index is 0.191. The lowest BCUT2D eigenvalue weighted by molar-refractivity contribution is -0.113. The first-order valence-electron chi connectivity index (χ1n) is 4.69. The van der Waals surface area contributed by atoms with E-state index in [0.29, 0.717) is 6.54 Å². The Kier molecular flexibility index (Phi) is 4.38. The normalized spacial score (nSPS) is 9.00. The molecule has 0 bridgehead atoms. The summed E-state index contributed by atoms with van der Waals surface area (Å²) < 4.78 is 0. The van der Waals surface area contributed by atoms with Gasteiger partial charge in [-0.25, -0.2) is 0 Å². The Balaban J connectivity index is 3.06. The van der Waals surface area contributed by atoms with Crippen LogP contribution in [0.5, 0.6) is 0 Å². The zero-order valence-corrected chi connectivity index (χ0v) is 10.3. The second-order valence-electron chi connectivity index (χ2n) is 3.06. The fourth-order valence-corrected chi connectivity index (χ4v) is 1.57. The van der Waals surface area contributed by atoms with Crippen molar-refractivity contribution in [3.63, 3.8) is 0 Å². The number of carbonyl (C=O) groups excluding carboxylic acids is 1. The molecule has 0 heterocycles. The summed E-state index contributed by atoms with van der Waals surface area (Å²) in [6.45, 7) is 4.53. The number of carbonyl (C=O) groups is 1. The zero-order chi connectivity index (χ0) is 11.3. The number of amides is 1. The summed E-state index contributed by atoms with van der Waals surface area (Å²) in [6.07, 6.45) is 0. The lowest BCUT2D eigenvalue weighted by Gasteiger charge is -2.20. The van der Waals surface area contributed by atoms with Gasteiger partial charge in [0.1, 0.15) is 0 Å². The van der Waals surface area contributed by atoms with E-state index in [1.54, 1.807) is 4.90 Å². The largest absolute Gasteiger partial charge is 0.303 e. The van der Waals surface area contributed by atoms with Gasteiger partial charge in [0.2, 0.25) is 0 Å². The highest BCUT2D eigenvalue weighted by Gasteiger charge is 2.12. The highest BCUT2D eigenvalue weighted by Crippen LogP contribution is 2.18. The quantitative estimate of drug-likeness (QED) is 0.754. The van der Waals surface area contributed by atoms with Gasteiger partial charge in [0.25, 0.3) is 0 Å². The Bertz CT molecular complexity index is 417. The van der Waals surface area contributed by atoms with Crippen LogP contribution in [0.3, 0.4) is 0 Å². The summed E-state index contributed by atoms with van der Waals surface area (Å²) in [6, 6.07) is 7.77. The third-order valence-electron chi connectivity index (χ3n) is 2.12. The van der Waals surface area contributed by atoms with Gasteiger partial charge < -0.3 is 4.90 Å². The number of hydrogen-bond acceptors (Lipinski definition) is 1. The first kappa shape index (κ1) is 11.8. The van der Waals surface area contributed by atoms with Crippen molar-refractivity contribution in [3.05, 3.63) is 29.8 Å². The number of hydrogen-bond donors (Lipinski definition) is 0. The molecular weight excluding hydrogens is 254 g/mol. The van der Waals surface area contributed by atoms with Gasteiger partial charge in [0.15, 0.2) is 0 Å². The molecule has 0 N–H and O–H groups in total. The van der Waals surface area contributed by atoms with Crippen molar-refractivity contribution in [2.45, 2.75) is 13.8 Å². The molecule has 3 heteroatoms. The van der Waals surface area contributed by atoms with E-state index in [2.05, 4.69) is 26.7 Å². The summed E-state index contributed by atoms with van der Waals surface area (Å²) in [5.74, 6) is 2.28. The standard InChI is InChI=1S/C12H12BrNO/c1-3-14(12(15)8-9-13)11-7-5-4-6-10(11)2/h4-7H,3H2,1-2H3. The van der Waals surface area contributed by atoms with Crippen molar-refractivity contribution in [1.82, 2.24) is 0 Å². The molecule has 1 rings (SSSR count). The van der Waals surface area contributed by atoms with Crippen LogP contribution in [0.25, 0.3) is 0 Å². The minimum Gasteiger partial charge on any atom is -0.302 e. The Morgan fingerprint density at radius 2 is 2.13 bits per heavy atom. The molecule has 0 aliphatic rings. The van der Waals surface area contributed by atoms with Gasteiger partial charge in [-0.15, -0.1) is 0 Å². The number of benzene rings is 1. The van der Waals surface area contributed by atoms with Gasteiger partial charge in [-0.2, -0.15) is 0 Å². The maximum atomic E-state index is 11.6. The van der Waals surface area contributed by atoms with E-state index in [-0.39, 0.29) is 5.91 Å². The summed E-state index contributed by atoms with van der Waals surface area (Å²) in [5, 5.41) is 0. The van der Waals surface area contributed by atoms with Crippen LogP contribution in [0, 0.1) is 17.7 Å². The van der Waals surface area contributed by atoms with E-state index in [4.69, 9.17) is 0 Å². The van der Waals surface area contributed by atoms with Crippen molar-refractivity contribution in [1.29, 1.82) is 0 Å². The molecule has 0 aromatic heterocycles. The second-order valence-corrected chi connectivity index (χ2v) is 3.45. The van der Waals surface area contributed by atoms with Crippen LogP contribution in [-0.2, 0) is 4.79 Å². The monoisotopic (exact) mass is 265 g/mol. The Hall–Kier alpha value is -1.27. The molecule has 0 atom stereocenters. The second kappa shape index (κ2) is 5.57. The fraction of sp³-hybridized carbons (Fsp3) is 0.250. The van der Waals surface area contributed by atoms with Crippen molar-refractivity contribution in [2.24, 2.45) is 0 Å². The van der Waals surface area contributed by atoms with Crippen LogP contribution in [0.4, 0.5) is 5.69 Å². The topological polar surface area (TPSA) is 20.3 Å². The molecule has 15 heavy (non-hydrogen) atoms. The summed E-state index contributed by atoms with van der Waals surface area (Å²) in [7, 11) is 0. The van der Waals surface area contributed by atoms with Crippen molar-refractivity contribution in [3.8, 4) is 10.8 Å². The van der Waals surface area contributed by atoms with E-state index in [1.165, 1.54) is 0 Å². The summed E-state index contributed by atoms with van der Waals surface area (Å²) in [4.78, 5) is 15.7. The average molecular weight is 266 g/mol. The molecule has 78 valence electrons. The fourth-order valence-electron chi connectivity index (χ4n) is 1.40. The van der Waals surface area contributed by atoms with Gasteiger partial charge in [0, 0.05) is 34.1 Å². The zero-order valence-electron chi connectivity index (χ0n) is 8.75. The lowest BCUT2D eigenvalue weighted by atomic mass is 10.2. The number of nitrogens with zero attached hydrogens (tertiary/aromatic N) is 1. The Labute approximate surface area is 98.4 Å². The molecular formula is C12H12BrNO. The first-order valence-corrected chi connectivity index (χ1v) is 5.48. The van der Waals surface area contributed by atoms with Gasteiger partial charge in [-0.05, 0) is 30.3 Å². The molecule has 0 spiro atoms. The van der Waals surface area contributed by atoms with Crippen LogP contribution < -0.4 is 4.90 Å². The molecule has 1 amide bonds. The van der Waals surface area contributed by atoms with Crippen molar-refractivity contribution in [2.75, 3.05) is 11.4 Å². The third kappa shape index (κ3) is 2.84. The van der Waals surface area contributed by atoms with E-state index >= 15 is 0 Å². The van der Waals surface area contributed by atoms with Gasteiger partial charge in [0.05, 0.1) is 0 Å². The lowest BCUT2D eigenvalue weighted by Crippen LogP contribution is -2.29. The third-order valence-corrected chi connectivity index (χ3v) is 2.32. The van der Waals surface area contributed by atoms with Gasteiger partial charge >= 0.3 is 5.91 Å². The maximum absolute atomic E-state index is 11.6. The molecule has 0 aliphatic heterocycles. The van der Waals surface area contributed by atoms with Crippen LogP contribution in [0.15, 0.2) is 24.3 Å². The number of para-hydroxylation sites is 1. The van der Waals surface area contributed by atoms with E-state index in [9.17, 15) is 4.79 Å². The van der Waals surface area contributed by atoms with Crippen LogP contribution in [0.1, 0.15) is 12.5 Å². The number of rotatable bonds is 2. The Morgan fingerprint density at radius 3 is 2.67 bits per heavy atom. The van der Waals surface area contributed by atoms with Crippen LogP contribution in [0.2, 0.25) is 0 Å². The molecule has 1 aromatic carbocycles. The van der Waals surface area contributed by atoms with Crippen molar-refractivity contribution >= 4 is 27.5 Å². The smallest absolute Gasteiger partial charge is 0.302 e. The number of aryl methyl sites for hydroxylation is 1. The highest BCUT2D eigenvalue weighted by atomic mass is 79.9. The predicted octanol–water partition coefficient (Wildman–Crippen LogP) is 2.70. The summed E-state index contributed by atoms with van der Waals surface area (Å²) >= 11 is 2.93. The predicted molar refractivity (Wildman–Crippen MR) is 65.9 cm³/mol. The van der Waals surface area contributed by atoms with Crippen molar-refractivity contribution < 1.29 is 4.79 Å². The van der Waals surface area contributed by atoms with Gasteiger partial charge in [-0.1, -0.05) is 18.2 Å². The molecule has 0 aliphatic carbocycles. The van der Waals surface area contributed by atoms with Crippen LogP contribution in [-0.4, -0.2) is 12.5 Å². The van der Waals surface area contributed by atoms with Crippen LogP contribution >= 0.6 is 15.9 Å². The molecule has 0 fully saturated rings. The number of halogens is 1. The highest BCUT2D eigenvalue weighted by molar-refractivity contribution is 9.12. The Morgan fingerprint density at radius 1 is 1.47 bits per heavy atom. The molecule has 0 unspecified atom stereocenters. The SMILES string of the molecule is CCN(C(=O)C#CBr)c1ccccc1C. The van der Waals surface area contributed by atoms with Gasteiger partial charge in [-0.3, -0.25) is 4.79 Å². The molecule has 0 saturated heterocycles. The molecule has 1 aromatic rings.